The van der Waals surface area contributed by atoms with Crippen molar-refractivity contribution < 1.29 is 29.3 Å². The molecule has 0 aliphatic heterocycles. The van der Waals surface area contributed by atoms with Gasteiger partial charge in [-0.05, 0) is 31.2 Å². The zero-order valence-electron chi connectivity index (χ0n) is 14.0. The van der Waals surface area contributed by atoms with Crippen molar-refractivity contribution in [1.29, 1.82) is 0 Å². The third-order valence-electron chi connectivity index (χ3n) is 3.17. The number of aromatic hydroxyl groups is 1. The Morgan fingerprint density at radius 1 is 1.15 bits per heavy atom. The SMILES string of the molecule is CCOc1cccc(/C=N\NC(=O)c2ccccc2O)c1OCC(=O)O. The molecule has 8 heteroatoms. The molecule has 2 aromatic rings. The Balaban J connectivity index is 2.18. The number of aliphatic carboxylic acids is 1. The molecule has 2 aromatic carbocycles. The largest absolute Gasteiger partial charge is 0.507 e. The zero-order valence-corrected chi connectivity index (χ0v) is 14.0. The summed E-state index contributed by atoms with van der Waals surface area (Å²) in [6, 6.07) is 11.0. The molecule has 0 radical (unpaired) electrons. The van der Waals surface area contributed by atoms with Gasteiger partial charge in [-0.15, -0.1) is 0 Å². The van der Waals surface area contributed by atoms with Gasteiger partial charge in [0, 0.05) is 5.56 Å². The molecule has 8 nitrogen and oxygen atoms in total. The molecule has 0 bridgehead atoms. The van der Waals surface area contributed by atoms with Gasteiger partial charge in [-0.3, -0.25) is 4.79 Å². The van der Waals surface area contributed by atoms with Gasteiger partial charge in [-0.25, -0.2) is 10.2 Å². The molecule has 1 amide bonds. The van der Waals surface area contributed by atoms with Crippen LogP contribution in [0.2, 0.25) is 0 Å². The average molecular weight is 358 g/mol. The molecule has 0 saturated carbocycles. The highest BCUT2D eigenvalue weighted by Crippen LogP contribution is 2.30. The van der Waals surface area contributed by atoms with Crippen LogP contribution in [0.5, 0.6) is 17.2 Å². The number of carboxylic acid groups (broad SMARTS) is 1. The van der Waals surface area contributed by atoms with E-state index in [9.17, 15) is 14.7 Å². The Kier molecular flexibility index (Phi) is 6.55. The molecular formula is C18H18N2O6. The van der Waals surface area contributed by atoms with Gasteiger partial charge in [0.2, 0.25) is 0 Å². The zero-order chi connectivity index (χ0) is 18.9. The second kappa shape index (κ2) is 9.07. The lowest BCUT2D eigenvalue weighted by molar-refractivity contribution is -0.139. The van der Waals surface area contributed by atoms with Gasteiger partial charge in [0.05, 0.1) is 18.4 Å². The van der Waals surface area contributed by atoms with E-state index in [0.29, 0.717) is 17.9 Å². The van der Waals surface area contributed by atoms with Gasteiger partial charge in [0.1, 0.15) is 5.75 Å². The first-order valence-electron chi connectivity index (χ1n) is 7.74. The first-order valence-corrected chi connectivity index (χ1v) is 7.74. The number of carboxylic acids is 1. The number of carbonyl (C=O) groups is 2. The Hall–Kier alpha value is -3.55. The molecule has 0 aliphatic carbocycles. The first kappa shape index (κ1) is 18.8. The number of benzene rings is 2. The number of amides is 1. The van der Waals surface area contributed by atoms with Gasteiger partial charge in [0.25, 0.3) is 5.91 Å². The van der Waals surface area contributed by atoms with E-state index in [2.05, 4.69) is 10.5 Å². The number of nitrogens with zero attached hydrogens (tertiary/aromatic N) is 1. The van der Waals surface area contributed by atoms with Gasteiger partial charge < -0.3 is 19.7 Å². The Labute approximate surface area is 149 Å². The minimum Gasteiger partial charge on any atom is -0.507 e. The maximum atomic E-state index is 12.0. The molecule has 0 aromatic heterocycles. The van der Waals surface area contributed by atoms with E-state index >= 15 is 0 Å². The molecule has 0 heterocycles. The molecule has 0 saturated heterocycles. The molecule has 0 atom stereocenters. The first-order chi connectivity index (χ1) is 12.5. The van der Waals surface area contributed by atoms with E-state index in [0.717, 1.165) is 0 Å². The van der Waals surface area contributed by atoms with E-state index in [-0.39, 0.29) is 17.1 Å². The van der Waals surface area contributed by atoms with Crippen LogP contribution in [-0.2, 0) is 4.79 Å². The number of hydrogen-bond acceptors (Lipinski definition) is 6. The smallest absolute Gasteiger partial charge is 0.341 e. The average Bonchev–Trinajstić information content (AvgIpc) is 2.61. The lowest BCUT2D eigenvalue weighted by Crippen LogP contribution is -2.18. The summed E-state index contributed by atoms with van der Waals surface area (Å²) in [7, 11) is 0. The summed E-state index contributed by atoms with van der Waals surface area (Å²) >= 11 is 0. The normalized spacial score (nSPS) is 10.5. The maximum Gasteiger partial charge on any atom is 0.341 e. The van der Waals surface area contributed by atoms with Gasteiger partial charge >= 0.3 is 5.97 Å². The van der Waals surface area contributed by atoms with E-state index in [1.54, 1.807) is 37.3 Å². The molecule has 0 spiro atoms. The van der Waals surface area contributed by atoms with Crippen LogP contribution >= 0.6 is 0 Å². The summed E-state index contributed by atoms with van der Waals surface area (Å²) in [4.78, 5) is 22.8. The van der Waals surface area contributed by atoms with E-state index in [1.165, 1.54) is 18.3 Å². The number of hydrazone groups is 1. The quantitative estimate of drug-likeness (QED) is 0.491. The minimum atomic E-state index is -1.13. The predicted molar refractivity (Wildman–Crippen MR) is 93.9 cm³/mol. The Bertz CT molecular complexity index is 819. The molecule has 26 heavy (non-hydrogen) atoms. The number of para-hydroxylation sites is 2. The number of phenols is 1. The van der Waals surface area contributed by atoms with E-state index < -0.39 is 18.5 Å². The van der Waals surface area contributed by atoms with Crippen LogP contribution < -0.4 is 14.9 Å². The Morgan fingerprint density at radius 2 is 1.92 bits per heavy atom. The van der Waals surface area contributed by atoms with Crippen LogP contribution in [-0.4, -0.2) is 41.5 Å². The minimum absolute atomic E-state index is 0.0788. The number of carbonyl (C=O) groups excluding carboxylic acids is 1. The Morgan fingerprint density at radius 3 is 2.62 bits per heavy atom. The number of phenolic OH excluding ortho intramolecular Hbond substituents is 1. The molecule has 0 fully saturated rings. The van der Waals surface area contributed by atoms with Crippen molar-refractivity contribution in [2.75, 3.05) is 13.2 Å². The predicted octanol–water partition coefficient (Wildman–Crippen LogP) is 2.02. The maximum absolute atomic E-state index is 12.0. The molecule has 0 aliphatic rings. The standard InChI is InChI=1S/C18H18N2O6/c1-2-25-15-9-5-6-12(17(15)26-11-16(22)23)10-19-20-18(24)13-7-3-4-8-14(13)21/h3-10,21H,2,11H2,1H3,(H,20,24)(H,22,23)/b19-10-. The highest BCUT2D eigenvalue weighted by molar-refractivity contribution is 5.97. The highest BCUT2D eigenvalue weighted by Gasteiger charge is 2.12. The summed E-state index contributed by atoms with van der Waals surface area (Å²) in [5.41, 5.74) is 2.79. The van der Waals surface area contributed by atoms with Crippen molar-refractivity contribution in [2.45, 2.75) is 6.92 Å². The van der Waals surface area contributed by atoms with E-state index in [4.69, 9.17) is 14.6 Å². The third-order valence-corrected chi connectivity index (χ3v) is 3.17. The van der Waals surface area contributed by atoms with Gasteiger partial charge in [-0.2, -0.15) is 5.10 Å². The highest BCUT2D eigenvalue weighted by atomic mass is 16.5. The van der Waals surface area contributed by atoms with Crippen molar-refractivity contribution in [3.05, 3.63) is 53.6 Å². The summed E-state index contributed by atoms with van der Waals surface area (Å²) in [6.07, 6.45) is 1.30. The lowest BCUT2D eigenvalue weighted by atomic mass is 10.2. The number of hydrogen-bond donors (Lipinski definition) is 3. The summed E-state index contributed by atoms with van der Waals surface area (Å²) in [5.74, 6) is -1.31. The molecule has 3 N–H and O–H groups in total. The molecular weight excluding hydrogens is 340 g/mol. The number of ether oxygens (including phenoxy) is 2. The van der Waals surface area contributed by atoms with Crippen LogP contribution in [0.3, 0.4) is 0 Å². The summed E-state index contributed by atoms with van der Waals surface area (Å²) in [6.45, 7) is 1.61. The van der Waals surface area contributed by atoms with Gasteiger partial charge in [0.15, 0.2) is 18.1 Å². The fraction of sp³-hybridized carbons (Fsp3) is 0.167. The van der Waals surface area contributed by atoms with Gasteiger partial charge in [-0.1, -0.05) is 18.2 Å². The van der Waals surface area contributed by atoms with Crippen molar-refractivity contribution in [3.8, 4) is 17.2 Å². The number of rotatable bonds is 8. The van der Waals surface area contributed by atoms with Crippen molar-refractivity contribution in [3.63, 3.8) is 0 Å². The second-order valence-corrected chi connectivity index (χ2v) is 5.01. The molecule has 136 valence electrons. The van der Waals surface area contributed by atoms with Crippen LogP contribution in [0.15, 0.2) is 47.6 Å². The summed E-state index contributed by atoms with van der Waals surface area (Å²) < 4.78 is 10.7. The van der Waals surface area contributed by atoms with Crippen molar-refractivity contribution in [1.82, 2.24) is 5.43 Å². The second-order valence-electron chi connectivity index (χ2n) is 5.01. The van der Waals surface area contributed by atoms with Crippen molar-refractivity contribution in [2.24, 2.45) is 5.10 Å². The third kappa shape index (κ3) is 4.97. The van der Waals surface area contributed by atoms with E-state index in [1.807, 2.05) is 0 Å². The van der Waals surface area contributed by atoms with Crippen molar-refractivity contribution >= 4 is 18.1 Å². The fourth-order valence-electron chi connectivity index (χ4n) is 2.08. The number of nitrogens with one attached hydrogen (secondary N) is 1. The van der Waals surface area contributed by atoms with Crippen LogP contribution in [0.25, 0.3) is 0 Å². The van der Waals surface area contributed by atoms with Crippen LogP contribution in [0, 0.1) is 0 Å². The topological polar surface area (TPSA) is 117 Å². The lowest BCUT2D eigenvalue weighted by Gasteiger charge is -2.12. The molecule has 0 unspecified atom stereocenters. The summed E-state index contributed by atoms with van der Waals surface area (Å²) in [5, 5.41) is 22.3. The van der Waals surface area contributed by atoms with Crippen LogP contribution in [0.4, 0.5) is 0 Å². The van der Waals surface area contributed by atoms with Crippen LogP contribution in [0.1, 0.15) is 22.8 Å². The monoisotopic (exact) mass is 358 g/mol. The fourth-order valence-corrected chi connectivity index (χ4v) is 2.08. The molecule has 2 rings (SSSR count).